The van der Waals surface area contributed by atoms with Crippen molar-refractivity contribution in [3.8, 4) is 0 Å². The maximum absolute atomic E-state index is 13.3. The molecule has 0 fully saturated rings. The molecule has 0 aliphatic carbocycles. The van der Waals surface area contributed by atoms with Gasteiger partial charge in [-0.2, -0.15) is 0 Å². The number of hydrogen-bond acceptors (Lipinski definition) is 11. The van der Waals surface area contributed by atoms with Gasteiger partial charge in [0.05, 0.1) is 24.4 Å². The Morgan fingerprint density at radius 3 is 0.544 bits per heavy atom. The topological polar surface area (TPSA) is 142 Å². The molecule has 4 unspecified atom stereocenters. The highest BCUT2D eigenvalue weighted by molar-refractivity contribution is 8.16. The molecule has 0 rings (SSSR count). The Bertz CT molecular complexity index is 1250. The zero-order chi connectivity index (χ0) is 65.7. The molecular formula is C79H158N2O7S2. The van der Waals surface area contributed by atoms with Crippen molar-refractivity contribution >= 4 is 33.8 Å². The molecule has 11 heteroatoms. The van der Waals surface area contributed by atoms with E-state index in [9.17, 15) is 35.1 Å². The van der Waals surface area contributed by atoms with E-state index >= 15 is 0 Å². The maximum atomic E-state index is 13.3. The van der Waals surface area contributed by atoms with Gasteiger partial charge in [-0.25, -0.2) is 0 Å². The predicted octanol–water partition coefficient (Wildman–Crippen LogP) is 22.4. The number of hydrogen-bond donors (Lipinski definition) is 5. The van der Waals surface area contributed by atoms with Crippen molar-refractivity contribution in [3.63, 3.8) is 0 Å². The summed E-state index contributed by atoms with van der Waals surface area (Å²) in [6.45, 7) is 11.8. The normalized spacial score (nSPS) is 13.7. The first-order valence-electron chi connectivity index (χ1n) is 40.3. The van der Waals surface area contributed by atoms with Crippen molar-refractivity contribution in [2.24, 2.45) is 0 Å². The van der Waals surface area contributed by atoms with Gasteiger partial charge in [0, 0.05) is 50.8 Å². The van der Waals surface area contributed by atoms with Crippen molar-refractivity contribution in [1.29, 1.82) is 0 Å². The second kappa shape index (κ2) is 73.0. The second-order valence-electron chi connectivity index (χ2n) is 28.4. The Balaban J connectivity index is 5.18. The lowest BCUT2D eigenvalue weighted by Gasteiger charge is -2.27. The van der Waals surface area contributed by atoms with E-state index in [1.165, 1.54) is 308 Å². The van der Waals surface area contributed by atoms with Crippen LogP contribution in [0.15, 0.2) is 0 Å². The lowest BCUT2D eigenvalue weighted by Crippen LogP contribution is -2.40. The summed E-state index contributed by atoms with van der Waals surface area (Å²) in [6.07, 6.45) is 71.6. The summed E-state index contributed by atoms with van der Waals surface area (Å²) in [5.41, 5.74) is 0. The molecule has 90 heavy (non-hydrogen) atoms. The van der Waals surface area contributed by atoms with Crippen molar-refractivity contribution in [1.82, 2.24) is 9.80 Å². The second-order valence-corrected chi connectivity index (χ2v) is 30.6. The van der Waals surface area contributed by atoms with Crippen molar-refractivity contribution < 1.29 is 35.1 Å². The summed E-state index contributed by atoms with van der Waals surface area (Å²) in [7, 11) is 0. The Morgan fingerprint density at radius 1 is 0.244 bits per heavy atom. The van der Waals surface area contributed by atoms with Crippen LogP contribution in [0.4, 0.5) is 0 Å². The van der Waals surface area contributed by atoms with E-state index in [4.69, 9.17) is 0 Å². The first-order valence-corrected chi connectivity index (χ1v) is 42.2. The molecule has 0 saturated heterocycles. The first-order chi connectivity index (χ1) is 44.1. The Labute approximate surface area is 569 Å². The van der Waals surface area contributed by atoms with Gasteiger partial charge in [-0.1, -0.05) is 411 Å². The summed E-state index contributed by atoms with van der Waals surface area (Å²) in [4.78, 5) is 30.9. The molecule has 0 aromatic rings. The van der Waals surface area contributed by atoms with Gasteiger partial charge in [-0.15, -0.1) is 0 Å². The molecular weight excluding hydrogens is 1150 g/mol. The molecule has 0 aliphatic heterocycles. The van der Waals surface area contributed by atoms with Crippen molar-refractivity contribution in [2.75, 3.05) is 50.8 Å². The van der Waals surface area contributed by atoms with Crippen LogP contribution in [-0.2, 0) is 9.59 Å². The average molecular weight is 1310 g/mol. The van der Waals surface area contributed by atoms with Crippen LogP contribution in [0.1, 0.15) is 413 Å². The van der Waals surface area contributed by atoms with Gasteiger partial charge >= 0.3 is 0 Å². The van der Waals surface area contributed by atoms with E-state index in [1.54, 1.807) is 0 Å². The number of unbranched alkanes of at least 4 members (excludes halogenated alkanes) is 52. The van der Waals surface area contributed by atoms with Gasteiger partial charge in [0.2, 0.25) is 10.2 Å². The number of carbonyl (C=O) groups is 2. The van der Waals surface area contributed by atoms with Gasteiger partial charge in [0.1, 0.15) is 0 Å². The van der Waals surface area contributed by atoms with Crippen molar-refractivity contribution in [3.05, 3.63) is 0 Å². The molecule has 0 aromatic carbocycles. The largest absolute Gasteiger partial charge is 0.392 e. The van der Waals surface area contributed by atoms with Gasteiger partial charge in [-0.05, 0) is 25.7 Å². The van der Waals surface area contributed by atoms with Crippen LogP contribution in [0.2, 0.25) is 0 Å². The minimum Gasteiger partial charge on any atom is -0.392 e. The van der Waals surface area contributed by atoms with Crippen LogP contribution < -0.4 is 0 Å². The highest BCUT2D eigenvalue weighted by Gasteiger charge is 2.26. The van der Waals surface area contributed by atoms with Crippen LogP contribution in [-0.4, -0.2) is 127 Å². The van der Waals surface area contributed by atoms with E-state index in [0.717, 1.165) is 74.9 Å². The molecule has 0 amide bonds. The molecule has 0 saturated carbocycles. The summed E-state index contributed by atoms with van der Waals surface area (Å²) in [5.74, 6) is 0.709. The molecule has 0 heterocycles. The molecule has 0 spiro atoms. The molecule has 9 nitrogen and oxygen atoms in total. The van der Waals surface area contributed by atoms with E-state index in [1.807, 2.05) is 0 Å². The monoisotopic (exact) mass is 1310 g/mol. The Hall–Kier alpha value is -0.240. The summed E-state index contributed by atoms with van der Waals surface area (Å²) in [5, 5.41) is 54.8. The summed E-state index contributed by atoms with van der Waals surface area (Å²) in [6, 6.07) is 0. The third-order valence-electron chi connectivity index (χ3n) is 19.2. The minimum atomic E-state index is -1.74. The smallest absolute Gasteiger partial charge is 0.226 e. The fourth-order valence-electron chi connectivity index (χ4n) is 13.2. The van der Waals surface area contributed by atoms with E-state index in [-0.39, 0.29) is 0 Å². The molecule has 0 aromatic heterocycles. The number of nitrogens with zero attached hydrogens (tertiary/aromatic N) is 2. The Kier molecular flexibility index (Phi) is 72.8. The quantitative estimate of drug-likeness (QED) is 0.0294. The zero-order valence-corrected chi connectivity index (χ0v) is 62.4. The highest BCUT2D eigenvalue weighted by atomic mass is 32.2. The molecule has 5 N–H and O–H groups in total. The fourth-order valence-corrected chi connectivity index (χ4v) is 14.9. The van der Waals surface area contributed by atoms with Crippen LogP contribution in [0.3, 0.4) is 0 Å². The van der Waals surface area contributed by atoms with Gasteiger partial charge in [0.15, 0.2) is 6.10 Å². The SMILES string of the molecule is CCCCCCCCCCCCCCCCC(O)CN(CCSC(=O)C(O)C(=O)SCCN(CC(O)CCCCCCCCCCCCCCCC)CC(O)CCCCCCCCCCCCCCCC)CC(O)CCCCCCCCCCCCCCCC. The number of thioether (sulfide) groups is 2. The summed E-state index contributed by atoms with van der Waals surface area (Å²) >= 11 is 1.93. The lowest BCUT2D eigenvalue weighted by molar-refractivity contribution is -0.128. The molecule has 0 aliphatic rings. The predicted molar refractivity (Wildman–Crippen MR) is 398 cm³/mol. The molecule has 538 valence electrons. The van der Waals surface area contributed by atoms with Gasteiger partial charge in [-0.3, -0.25) is 19.4 Å². The average Bonchev–Trinajstić information content (AvgIpc) is 3.65. The molecule has 0 radical (unpaired) electrons. The van der Waals surface area contributed by atoms with Crippen LogP contribution in [0.5, 0.6) is 0 Å². The summed E-state index contributed by atoms with van der Waals surface area (Å²) < 4.78 is 0. The highest BCUT2D eigenvalue weighted by Crippen LogP contribution is 2.21. The third-order valence-corrected chi connectivity index (χ3v) is 21.0. The maximum Gasteiger partial charge on any atom is 0.226 e. The fraction of sp³-hybridized carbons (Fsp3) is 0.975. The van der Waals surface area contributed by atoms with Crippen LogP contribution >= 0.6 is 23.5 Å². The van der Waals surface area contributed by atoms with E-state index in [2.05, 4.69) is 37.5 Å². The van der Waals surface area contributed by atoms with Gasteiger partial charge in [0.25, 0.3) is 0 Å². The Morgan fingerprint density at radius 2 is 0.389 bits per heavy atom. The number of aliphatic hydroxyl groups is 5. The van der Waals surface area contributed by atoms with E-state index < -0.39 is 40.8 Å². The van der Waals surface area contributed by atoms with Gasteiger partial charge < -0.3 is 25.5 Å². The number of aliphatic hydroxyl groups excluding tert-OH is 5. The van der Waals surface area contributed by atoms with E-state index in [0.29, 0.717) is 76.5 Å². The number of carbonyl (C=O) groups excluding carboxylic acids is 2. The van der Waals surface area contributed by atoms with Crippen molar-refractivity contribution in [2.45, 2.75) is 443 Å². The standard InChI is InChI=1S/C79H158N2O7S2/c1-5-9-13-17-21-25-29-33-37-41-45-49-53-57-61-73(82)69-80(70-74(83)62-58-54-50-46-42-38-34-30-26-22-18-14-10-6-2)65-67-89-78(87)77(86)79(88)90-68-66-81(71-75(84)63-59-55-51-47-43-39-35-31-27-23-19-15-11-7-3)72-76(85)64-60-56-52-48-44-40-36-32-28-24-20-16-12-8-4/h73-77,82-86H,5-72H2,1-4H3. The first kappa shape index (κ1) is 89.8. The minimum absolute atomic E-state index is 0.354. The van der Waals surface area contributed by atoms with Crippen LogP contribution in [0, 0.1) is 0 Å². The molecule has 4 atom stereocenters. The van der Waals surface area contributed by atoms with Crippen LogP contribution in [0.25, 0.3) is 0 Å². The zero-order valence-electron chi connectivity index (χ0n) is 60.7. The molecule has 0 bridgehead atoms. The lowest BCUT2D eigenvalue weighted by atomic mass is 10.0. The number of rotatable bonds is 76. The third kappa shape index (κ3) is 66.4.